The third kappa shape index (κ3) is 2.99. The van der Waals surface area contributed by atoms with Crippen LogP contribution in [0.1, 0.15) is 43.6 Å². The van der Waals surface area contributed by atoms with E-state index in [0.717, 1.165) is 24.8 Å². The number of rotatable bonds is 3. The predicted molar refractivity (Wildman–Crippen MR) is 82.2 cm³/mol. The highest BCUT2D eigenvalue weighted by atomic mass is 16.5. The molecule has 1 aromatic carbocycles. The first kappa shape index (κ1) is 13.9. The van der Waals surface area contributed by atoms with E-state index in [1.54, 1.807) is 7.11 Å². The molecule has 1 heterocycles. The van der Waals surface area contributed by atoms with E-state index in [1.807, 2.05) is 0 Å². The van der Waals surface area contributed by atoms with Gasteiger partial charge in [0.25, 0.3) is 0 Å². The Bertz CT molecular complexity index is 425. The van der Waals surface area contributed by atoms with Crippen molar-refractivity contribution in [1.29, 1.82) is 0 Å². The maximum atomic E-state index is 6.31. The Kier molecular flexibility index (Phi) is 4.27. The fourth-order valence-electron chi connectivity index (χ4n) is 3.86. The first-order valence-corrected chi connectivity index (χ1v) is 7.90. The molecule has 0 aromatic heterocycles. The molecule has 0 amide bonds. The molecule has 0 spiro atoms. The van der Waals surface area contributed by atoms with Gasteiger partial charge >= 0.3 is 0 Å². The topological polar surface area (TPSA) is 38.5 Å². The second kappa shape index (κ2) is 6.15. The van der Waals surface area contributed by atoms with Crippen molar-refractivity contribution in [3.63, 3.8) is 0 Å². The van der Waals surface area contributed by atoms with Gasteiger partial charge in [-0.25, -0.2) is 0 Å². The zero-order valence-electron chi connectivity index (χ0n) is 12.4. The van der Waals surface area contributed by atoms with E-state index in [0.29, 0.717) is 12.0 Å². The van der Waals surface area contributed by atoms with Crippen molar-refractivity contribution in [1.82, 2.24) is 4.90 Å². The summed E-state index contributed by atoms with van der Waals surface area (Å²) in [6.45, 7) is 2.25. The molecule has 1 aliphatic heterocycles. The Balaban J connectivity index is 1.71. The van der Waals surface area contributed by atoms with Crippen molar-refractivity contribution in [2.24, 2.45) is 5.73 Å². The van der Waals surface area contributed by atoms with Gasteiger partial charge in [-0.2, -0.15) is 0 Å². The highest BCUT2D eigenvalue weighted by Gasteiger charge is 2.31. The molecule has 3 nitrogen and oxygen atoms in total. The molecule has 20 heavy (non-hydrogen) atoms. The summed E-state index contributed by atoms with van der Waals surface area (Å²) in [5.41, 5.74) is 7.72. The summed E-state index contributed by atoms with van der Waals surface area (Å²) < 4.78 is 5.24. The van der Waals surface area contributed by atoms with Gasteiger partial charge in [0.15, 0.2) is 0 Å². The van der Waals surface area contributed by atoms with Crippen molar-refractivity contribution in [3.05, 3.63) is 29.8 Å². The predicted octanol–water partition coefficient (Wildman–Crippen LogP) is 2.75. The molecule has 2 N–H and O–H groups in total. The normalized spacial score (nSPS) is 28.7. The van der Waals surface area contributed by atoms with Crippen LogP contribution in [0.2, 0.25) is 0 Å². The van der Waals surface area contributed by atoms with Gasteiger partial charge in [-0.05, 0) is 42.9 Å². The lowest BCUT2D eigenvalue weighted by molar-refractivity contribution is 0.136. The summed E-state index contributed by atoms with van der Waals surface area (Å²) in [5, 5.41) is 0. The molecule has 3 rings (SSSR count). The summed E-state index contributed by atoms with van der Waals surface area (Å²) in [5.74, 6) is 1.51. The summed E-state index contributed by atoms with van der Waals surface area (Å²) >= 11 is 0. The van der Waals surface area contributed by atoms with Crippen LogP contribution in [-0.2, 0) is 0 Å². The van der Waals surface area contributed by atoms with Crippen molar-refractivity contribution < 1.29 is 4.74 Å². The standard InChI is InChI=1S/C17H26N2O/c1-20-17-8-6-13(7-9-17)14-10-15(18)12-19(11-14)16-4-2-3-5-16/h6-9,14-16H,2-5,10-12,18H2,1H3. The van der Waals surface area contributed by atoms with E-state index >= 15 is 0 Å². The summed E-state index contributed by atoms with van der Waals surface area (Å²) in [6, 6.07) is 9.63. The minimum atomic E-state index is 0.316. The molecular weight excluding hydrogens is 248 g/mol. The fraction of sp³-hybridized carbons (Fsp3) is 0.647. The molecule has 2 aliphatic rings. The monoisotopic (exact) mass is 274 g/mol. The number of piperidine rings is 1. The summed E-state index contributed by atoms with van der Waals surface area (Å²) in [7, 11) is 1.72. The first-order chi connectivity index (χ1) is 9.76. The summed E-state index contributed by atoms with van der Waals surface area (Å²) in [4.78, 5) is 2.65. The van der Waals surface area contributed by atoms with Crippen molar-refractivity contribution in [2.75, 3.05) is 20.2 Å². The van der Waals surface area contributed by atoms with E-state index in [1.165, 1.54) is 37.8 Å². The third-order valence-electron chi connectivity index (χ3n) is 4.94. The number of nitrogens with zero attached hydrogens (tertiary/aromatic N) is 1. The lowest BCUT2D eigenvalue weighted by atomic mass is 9.87. The molecule has 0 radical (unpaired) electrons. The molecule has 1 saturated carbocycles. The molecule has 0 bridgehead atoms. The maximum absolute atomic E-state index is 6.31. The first-order valence-electron chi connectivity index (χ1n) is 7.90. The third-order valence-corrected chi connectivity index (χ3v) is 4.94. The van der Waals surface area contributed by atoms with Crippen molar-refractivity contribution in [3.8, 4) is 5.75 Å². The van der Waals surface area contributed by atoms with Crippen LogP contribution < -0.4 is 10.5 Å². The van der Waals surface area contributed by atoms with E-state index in [4.69, 9.17) is 10.5 Å². The molecular formula is C17H26N2O. The average molecular weight is 274 g/mol. The second-order valence-electron chi connectivity index (χ2n) is 6.36. The number of nitrogens with two attached hydrogens (primary N) is 1. The van der Waals surface area contributed by atoms with Crippen molar-refractivity contribution in [2.45, 2.75) is 50.1 Å². The van der Waals surface area contributed by atoms with Gasteiger partial charge in [-0.3, -0.25) is 4.90 Å². The fourth-order valence-corrected chi connectivity index (χ4v) is 3.86. The Labute approximate surface area is 122 Å². The Morgan fingerprint density at radius 1 is 1.10 bits per heavy atom. The number of hydrogen-bond donors (Lipinski definition) is 1. The Morgan fingerprint density at radius 3 is 2.45 bits per heavy atom. The van der Waals surface area contributed by atoms with Gasteiger partial charge in [0.05, 0.1) is 7.11 Å². The molecule has 3 heteroatoms. The zero-order valence-corrected chi connectivity index (χ0v) is 12.4. The molecule has 2 unspecified atom stereocenters. The minimum Gasteiger partial charge on any atom is -0.497 e. The largest absolute Gasteiger partial charge is 0.497 e. The zero-order chi connectivity index (χ0) is 13.9. The quantitative estimate of drug-likeness (QED) is 0.921. The van der Waals surface area contributed by atoms with Crippen LogP contribution in [0.5, 0.6) is 5.75 Å². The van der Waals surface area contributed by atoms with Gasteiger partial charge in [0.1, 0.15) is 5.75 Å². The number of likely N-dealkylation sites (tertiary alicyclic amines) is 1. The van der Waals surface area contributed by atoms with E-state index in [-0.39, 0.29) is 0 Å². The van der Waals surface area contributed by atoms with Crippen LogP contribution in [0.4, 0.5) is 0 Å². The Morgan fingerprint density at radius 2 is 1.80 bits per heavy atom. The molecule has 110 valence electrons. The van der Waals surface area contributed by atoms with E-state index < -0.39 is 0 Å². The van der Waals surface area contributed by atoms with Gasteiger partial charge in [0, 0.05) is 25.2 Å². The number of ether oxygens (including phenoxy) is 1. The SMILES string of the molecule is COc1ccc(C2CC(N)CN(C3CCCC3)C2)cc1. The van der Waals surface area contributed by atoms with Crippen LogP contribution >= 0.6 is 0 Å². The van der Waals surface area contributed by atoms with Crippen LogP contribution in [0.25, 0.3) is 0 Å². The van der Waals surface area contributed by atoms with Crippen LogP contribution in [0, 0.1) is 0 Å². The number of hydrogen-bond acceptors (Lipinski definition) is 3. The average Bonchev–Trinajstić information content (AvgIpc) is 3.01. The second-order valence-corrected chi connectivity index (χ2v) is 6.36. The van der Waals surface area contributed by atoms with Gasteiger partial charge in [-0.15, -0.1) is 0 Å². The van der Waals surface area contributed by atoms with Gasteiger partial charge in [0.2, 0.25) is 0 Å². The van der Waals surface area contributed by atoms with Gasteiger partial charge < -0.3 is 10.5 Å². The molecule has 2 atom stereocenters. The molecule has 1 aromatic rings. The van der Waals surface area contributed by atoms with Gasteiger partial charge in [-0.1, -0.05) is 25.0 Å². The highest BCUT2D eigenvalue weighted by Crippen LogP contribution is 2.32. The van der Waals surface area contributed by atoms with E-state index in [2.05, 4.69) is 29.2 Å². The van der Waals surface area contributed by atoms with Crippen molar-refractivity contribution >= 4 is 0 Å². The molecule has 1 saturated heterocycles. The lowest BCUT2D eigenvalue weighted by Gasteiger charge is -2.40. The molecule has 2 fully saturated rings. The lowest BCUT2D eigenvalue weighted by Crippen LogP contribution is -2.49. The van der Waals surface area contributed by atoms with Crippen LogP contribution in [0.15, 0.2) is 24.3 Å². The van der Waals surface area contributed by atoms with Crippen LogP contribution in [0.3, 0.4) is 0 Å². The van der Waals surface area contributed by atoms with E-state index in [9.17, 15) is 0 Å². The maximum Gasteiger partial charge on any atom is 0.118 e. The smallest absolute Gasteiger partial charge is 0.118 e. The Hall–Kier alpha value is -1.06. The summed E-state index contributed by atoms with van der Waals surface area (Å²) in [6.07, 6.45) is 6.62. The van der Waals surface area contributed by atoms with Crippen LogP contribution in [-0.4, -0.2) is 37.2 Å². The highest BCUT2D eigenvalue weighted by molar-refractivity contribution is 5.30. The number of benzene rings is 1. The minimum absolute atomic E-state index is 0.316. The molecule has 1 aliphatic carbocycles. The number of methoxy groups -OCH3 is 1.